The maximum absolute atomic E-state index is 11.8. The van der Waals surface area contributed by atoms with Crippen LogP contribution in [0.15, 0.2) is 170 Å². The molecular formula is C69H66BN3O5. The van der Waals surface area contributed by atoms with Crippen molar-refractivity contribution in [2.24, 2.45) is 0 Å². The summed E-state index contributed by atoms with van der Waals surface area (Å²) < 4.78 is 0. The van der Waals surface area contributed by atoms with Gasteiger partial charge in [0, 0.05) is 50.9 Å². The first kappa shape index (κ1) is 50.3. The molecule has 0 atom stereocenters. The largest absolute Gasteiger partial charge is 0.503 e. The summed E-state index contributed by atoms with van der Waals surface area (Å²) in [5.74, 6) is -4.56. The van der Waals surface area contributed by atoms with Crippen LogP contribution in [0.2, 0.25) is 0 Å². The average Bonchev–Trinajstić information content (AvgIpc) is 3.82. The molecule has 9 aromatic rings. The van der Waals surface area contributed by atoms with E-state index in [1.54, 1.807) is 4.90 Å². The number of hydrogen-bond donors (Lipinski definition) is 5. The van der Waals surface area contributed by atoms with E-state index < -0.39 is 28.7 Å². The first-order chi connectivity index (χ1) is 36.9. The van der Waals surface area contributed by atoms with Gasteiger partial charge >= 0.3 is 0 Å². The molecule has 0 unspecified atom stereocenters. The second-order valence-corrected chi connectivity index (χ2v) is 25.1. The molecule has 0 spiro atoms. The molecule has 2 heterocycles. The van der Waals surface area contributed by atoms with Crippen molar-refractivity contribution >= 4 is 74.3 Å². The number of fused-ring (bicyclic) bond motifs is 7. The number of rotatable bonds is 6. The molecule has 3 aliphatic rings. The highest BCUT2D eigenvalue weighted by atomic mass is 16.4. The molecule has 0 amide bonds. The molecule has 390 valence electrons. The van der Waals surface area contributed by atoms with Crippen LogP contribution in [0.3, 0.4) is 0 Å². The van der Waals surface area contributed by atoms with Crippen LogP contribution in [0.4, 0.5) is 51.2 Å². The van der Waals surface area contributed by atoms with Crippen LogP contribution < -0.4 is 31.1 Å². The lowest BCUT2D eigenvalue weighted by Gasteiger charge is -2.45. The van der Waals surface area contributed by atoms with Crippen LogP contribution in [0.25, 0.3) is 22.3 Å². The molecule has 9 aromatic carbocycles. The molecule has 2 aliphatic heterocycles. The summed E-state index contributed by atoms with van der Waals surface area (Å²) in [6, 6.07) is 60.3. The van der Waals surface area contributed by atoms with Gasteiger partial charge in [-0.15, -0.1) is 0 Å². The topological polar surface area (TPSA) is 111 Å². The summed E-state index contributed by atoms with van der Waals surface area (Å²) in [4.78, 5) is 6.47. The van der Waals surface area contributed by atoms with Gasteiger partial charge in [0.05, 0.1) is 0 Å². The van der Waals surface area contributed by atoms with Crippen molar-refractivity contribution < 1.29 is 25.5 Å². The monoisotopic (exact) mass is 1030 g/mol. The van der Waals surface area contributed by atoms with Crippen LogP contribution in [-0.2, 0) is 21.7 Å². The molecule has 0 saturated carbocycles. The molecular weight excluding hydrogens is 962 g/mol. The highest BCUT2D eigenvalue weighted by Gasteiger charge is 2.46. The summed E-state index contributed by atoms with van der Waals surface area (Å²) in [6.45, 7) is 24.6. The van der Waals surface area contributed by atoms with Gasteiger partial charge in [-0.25, -0.2) is 0 Å². The van der Waals surface area contributed by atoms with E-state index in [1.165, 1.54) is 38.8 Å². The van der Waals surface area contributed by atoms with E-state index in [-0.39, 0.29) is 34.1 Å². The number of hydrogen-bond acceptors (Lipinski definition) is 8. The quantitative estimate of drug-likeness (QED) is 0.0636. The molecule has 0 fully saturated rings. The van der Waals surface area contributed by atoms with Crippen molar-refractivity contribution in [1.82, 2.24) is 0 Å². The number of phenolic OH excluding ortho intramolecular Hbond substituents is 5. The SMILES string of the molecule is CC(C)(C)c1ccc(N2c3cc(N(c4ccc(-c5ccccc5)cc4)c4c(O)c(O)c(O)c(O)c4O)ccc3B3c4cc(C(C)(C)C)ccc4N(c4ccc5c(c4)-c4ccccc4C5(C)C)c4cc(C(C)(C)C)cc2c43)cc1. The van der Waals surface area contributed by atoms with E-state index in [4.69, 9.17) is 0 Å². The van der Waals surface area contributed by atoms with Gasteiger partial charge in [-0.2, -0.15) is 0 Å². The zero-order valence-corrected chi connectivity index (χ0v) is 46.3. The highest BCUT2D eigenvalue weighted by Crippen LogP contribution is 2.59. The zero-order valence-electron chi connectivity index (χ0n) is 46.3. The summed E-state index contributed by atoms with van der Waals surface area (Å²) in [5, 5.41) is 56.7. The van der Waals surface area contributed by atoms with Crippen molar-refractivity contribution in [3.8, 4) is 51.0 Å². The highest BCUT2D eigenvalue weighted by molar-refractivity contribution is 7.00. The van der Waals surface area contributed by atoms with Gasteiger partial charge in [0.2, 0.25) is 17.2 Å². The van der Waals surface area contributed by atoms with E-state index in [0.717, 1.165) is 61.7 Å². The number of phenols is 5. The Hall–Kier alpha value is -8.56. The Balaban J connectivity index is 1.16. The standard InChI is InChI=1S/C69H66BN3O5/c1-66(2,3)42-23-28-46(29-24-42)72-56-39-48(71(60-61(74)63(76)65(78)64(77)62(60)75)45-26-21-41(22-27-45)40-17-13-12-14-18-40)31-33-53(56)70-54-35-43(67(4,5)6)25-34-55(54)73(58-37-44(68(7,8)9)36-57(72)59(58)70)47-30-32-52-50(38-47)49-19-15-16-20-51(49)69(52,10)11/h12-39,74-78H,1-11H3. The number of nitrogens with zero attached hydrogens (tertiary/aromatic N) is 3. The van der Waals surface area contributed by atoms with Gasteiger partial charge in [0.1, 0.15) is 5.69 Å². The molecule has 78 heavy (non-hydrogen) atoms. The van der Waals surface area contributed by atoms with Gasteiger partial charge in [0.15, 0.2) is 11.5 Å². The van der Waals surface area contributed by atoms with Crippen molar-refractivity contribution in [3.63, 3.8) is 0 Å². The fraction of sp³-hybridized carbons (Fsp3) is 0.217. The average molecular weight is 1030 g/mol. The Labute approximate surface area is 458 Å². The van der Waals surface area contributed by atoms with Crippen LogP contribution >= 0.6 is 0 Å². The Bertz CT molecular complexity index is 3870. The van der Waals surface area contributed by atoms with Crippen LogP contribution in [0, 0.1) is 0 Å². The predicted molar refractivity (Wildman–Crippen MR) is 323 cm³/mol. The van der Waals surface area contributed by atoms with Gasteiger partial charge in [0.25, 0.3) is 6.71 Å². The van der Waals surface area contributed by atoms with E-state index in [0.29, 0.717) is 11.4 Å². The first-order valence-corrected chi connectivity index (χ1v) is 27.0. The molecule has 1 aliphatic carbocycles. The molecule has 12 rings (SSSR count). The lowest BCUT2D eigenvalue weighted by atomic mass is 9.33. The van der Waals surface area contributed by atoms with Crippen LogP contribution in [0.1, 0.15) is 104 Å². The summed E-state index contributed by atoms with van der Waals surface area (Å²) >= 11 is 0. The first-order valence-electron chi connectivity index (χ1n) is 27.0. The minimum absolute atomic E-state index is 0.107. The number of benzene rings is 9. The third-order valence-corrected chi connectivity index (χ3v) is 16.7. The van der Waals surface area contributed by atoms with E-state index in [9.17, 15) is 25.5 Å². The minimum atomic E-state index is -1.03. The fourth-order valence-corrected chi connectivity index (χ4v) is 12.3. The lowest BCUT2D eigenvalue weighted by Crippen LogP contribution is -2.61. The summed E-state index contributed by atoms with van der Waals surface area (Å²) in [5.41, 5.74) is 20.1. The van der Waals surface area contributed by atoms with E-state index in [2.05, 4.69) is 195 Å². The summed E-state index contributed by atoms with van der Waals surface area (Å²) in [7, 11) is 0. The Kier molecular flexibility index (Phi) is 11.3. The van der Waals surface area contributed by atoms with Crippen LogP contribution in [-0.4, -0.2) is 32.2 Å². The molecule has 9 heteroatoms. The van der Waals surface area contributed by atoms with Crippen molar-refractivity contribution in [3.05, 3.63) is 198 Å². The second kappa shape index (κ2) is 17.5. The van der Waals surface area contributed by atoms with Gasteiger partial charge in [-0.1, -0.05) is 179 Å². The van der Waals surface area contributed by atoms with Crippen LogP contribution in [0.5, 0.6) is 28.7 Å². The molecule has 0 saturated heterocycles. The Morgan fingerprint density at radius 3 is 1.55 bits per heavy atom. The van der Waals surface area contributed by atoms with Gasteiger partial charge < -0.3 is 40.2 Å². The third kappa shape index (κ3) is 7.80. The summed E-state index contributed by atoms with van der Waals surface area (Å²) in [6.07, 6.45) is 0. The second-order valence-electron chi connectivity index (χ2n) is 25.1. The van der Waals surface area contributed by atoms with Crippen molar-refractivity contribution in [2.75, 3.05) is 14.7 Å². The predicted octanol–water partition coefficient (Wildman–Crippen LogP) is 15.6. The fourth-order valence-electron chi connectivity index (χ4n) is 12.3. The lowest BCUT2D eigenvalue weighted by molar-refractivity contribution is 0.329. The molecule has 0 bridgehead atoms. The normalized spacial score (nSPS) is 14.1. The molecule has 5 N–H and O–H groups in total. The number of anilines is 9. The van der Waals surface area contributed by atoms with Crippen molar-refractivity contribution in [2.45, 2.75) is 97.8 Å². The maximum Gasteiger partial charge on any atom is 0.252 e. The number of aromatic hydroxyl groups is 5. The van der Waals surface area contributed by atoms with Gasteiger partial charge in [-0.3, -0.25) is 0 Å². The Morgan fingerprint density at radius 2 is 0.923 bits per heavy atom. The zero-order chi connectivity index (χ0) is 55.1. The smallest absolute Gasteiger partial charge is 0.252 e. The van der Waals surface area contributed by atoms with Gasteiger partial charge in [-0.05, 0) is 149 Å². The molecule has 8 nitrogen and oxygen atoms in total. The Morgan fingerprint density at radius 1 is 0.397 bits per heavy atom. The molecule has 0 aromatic heterocycles. The molecule has 0 radical (unpaired) electrons. The van der Waals surface area contributed by atoms with E-state index >= 15 is 0 Å². The van der Waals surface area contributed by atoms with E-state index in [1.807, 2.05) is 60.7 Å². The minimum Gasteiger partial charge on any atom is -0.503 e. The van der Waals surface area contributed by atoms with Crippen molar-refractivity contribution in [1.29, 1.82) is 0 Å². The third-order valence-electron chi connectivity index (χ3n) is 16.7. The maximum atomic E-state index is 11.8.